The zero-order valence-electron chi connectivity index (χ0n) is 17.7. The number of hydrogen-bond acceptors (Lipinski definition) is 2. The summed E-state index contributed by atoms with van der Waals surface area (Å²) in [6.07, 6.45) is 0. The Bertz CT molecular complexity index is 875. The van der Waals surface area contributed by atoms with Gasteiger partial charge in [-0.3, -0.25) is 0 Å². The standard InChI is InChI=1S/C19H14N4.C5H12.CH4/c1-19(2,3)18-16(14(10-20)22-4)12-8-6-7-9-13(12)17(18)15(11-21)23-5;1-5(2,3)4;/h6-9,18H,1-3H3;1-4H3;1H4/b16-14-,17-15-;;. The first-order chi connectivity index (χ1) is 12.9. The lowest BCUT2D eigenvalue weighted by atomic mass is 9.73. The van der Waals surface area contributed by atoms with Crippen LogP contribution < -0.4 is 0 Å². The molecule has 2 rings (SSSR count). The van der Waals surface area contributed by atoms with E-state index in [0.29, 0.717) is 16.6 Å². The lowest BCUT2D eigenvalue weighted by molar-refractivity contribution is 0.364. The van der Waals surface area contributed by atoms with Crippen molar-refractivity contribution in [1.29, 1.82) is 10.5 Å². The summed E-state index contributed by atoms with van der Waals surface area (Å²) >= 11 is 0. The molecule has 0 radical (unpaired) electrons. The normalized spacial score (nSPS) is 18.2. The molecule has 0 amide bonds. The van der Waals surface area contributed by atoms with Gasteiger partial charge in [-0.25, -0.2) is 20.2 Å². The third-order valence-electron chi connectivity index (χ3n) is 3.90. The van der Waals surface area contributed by atoms with Crippen LogP contribution in [0.25, 0.3) is 20.8 Å². The molecule has 0 unspecified atom stereocenters. The summed E-state index contributed by atoms with van der Waals surface area (Å²) in [5.74, 6) is -0.340. The van der Waals surface area contributed by atoms with E-state index in [1.54, 1.807) is 0 Å². The Balaban J connectivity index is 0.00000117. The molecule has 0 saturated heterocycles. The summed E-state index contributed by atoms with van der Waals surface area (Å²) in [6.45, 7) is 29.4. The summed E-state index contributed by atoms with van der Waals surface area (Å²) in [4.78, 5) is 6.76. The fraction of sp³-hybridized carbons (Fsp3) is 0.440. The summed E-state index contributed by atoms with van der Waals surface area (Å²) in [7, 11) is 0. The lowest BCUT2D eigenvalue weighted by Gasteiger charge is -2.30. The Kier molecular flexibility index (Phi) is 8.61. The van der Waals surface area contributed by atoms with E-state index in [0.717, 1.165) is 11.1 Å². The molecule has 1 aliphatic rings. The molecule has 4 heteroatoms. The van der Waals surface area contributed by atoms with Gasteiger partial charge < -0.3 is 0 Å². The summed E-state index contributed by atoms with van der Waals surface area (Å²) < 4.78 is 0. The van der Waals surface area contributed by atoms with Crippen molar-refractivity contribution in [2.45, 2.75) is 55.9 Å². The van der Waals surface area contributed by atoms with Gasteiger partial charge in [-0.2, -0.15) is 0 Å². The maximum Gasteiger partial charge on any atom is 0.266 e. The van der Waals surface area contributed by atoms with Gasteiger partial charge in [0.1, 0.15) is 0 Å². The molecule has 0 atom stereocenters. The van der Waals surface area contributed by atoms with Crippen LogP contribution in [0.5, 0.6) is 0 Å². The Morgan fingerprint density at radius 3 is 1.34 bits per heavy atom. The predicted octanol–water partition coefficient (Wildman–Crippen LogP) is 7.36. The second-order valence-corrected chi connectivity index (χ2v) is 9.32. The minimum Gasteiger partial charge on any atom is -0.226 e. The van der Waals surface area contributed by atoms with Crippen LogP contribution in [0.2, 0.25) is 0 Å². The van der Waals surface area contributed by atoms with E-state index in [4.69, 9.17) is 13.1 Å². The zero-order chi connectivity index (χ0) is 21.7. The number of hydrogen-bond donors (Lipinski definition) is 0. The highest BCUT2D eigenvalue weighted by molar-refractivity contribution is 5.99. The summed E-state index contributed by atoms with van der Waals surface area (Å²) in [6, 6.07) is 11.3. The van der Waals surface area contributed by atoms with Crippen molar-refractivity contribution in [3.05, 3.63) is 69.6 Å². The summed E-state index contributed by atoms with van der Waals surface area (Å²) in [5, 5.41) is 18.7. The number of fused-ring (bicyclic) bond motifs is 1. The van der Waals surface area contributed by atoms with Crippen molar-refractivity contribution >= 4 is 11.1 Å². The second-order valence-electron chi connectivity index (χ2n) is 9.32. The molecule has 150 valence electrons. The van der Waals surface area contributed by atoms with Gasteiger partial charge in [0.05, 0.1) is 25.3 Å². The van der Waals surface area contributed by atoms with Gasteiger partial charge in [0.15, 0.2) is 0 Å². The Hall–Kier alpha value is -3.34. The number of allylic oxidation sites excluding steroid dienone is 4. The fourth-order valence-electron chi connectivity index (χ4n) is 3.09. The first-order valence-electron chi connectivity index (χ1n) is 9.04. The van der Waals surface area contributed by atoms with E-state index < -0.39 is 0 Å². The van der Waals surface area contributed by atoms with Gasteiger partial charge in [0.2, 0.25) is 0 Å². The largest absolute Gasteiger partial charge is 0.266 e. The molecule has 4 nitrogen and oxygen atoms in total. The lowest BCUT2D eigenvalue weighted by Crippen LogP contribution is -2.20. The molecule has 0 aromatic heterocycles. The molecule has 1 aromatic carbocycles. The first-order valence-corrected chi connectivity index (χ1v) is 9.04. The Labute approximate surface area is 176 Å². The molecule has 1 aromatic rings. The molecule has 0 heterocycles. The van der Waals surface area contributed by atoms with Crippen LogP contribution in [-0.4, -0.2) is 0 Å². The average Bonchev–Trinajstić information content (AvgIpc) is 2.92. The maximum atomic E-state index is 9.37. The van der Waals surface area contributed by atoms with Gasteiger partial charge >= 0.3 is 0 Å². The van der Waals surface area contributed by atoms with Crippen molar-refractivity contribution in [3.8, 4) is 12.1 Å². The quantitative estimate of drug-likeness (QED) is 0.345. The van der Waals surface area contributed by atoms with Crippen molar-refractivity contribution in [2.24, 2.45) is 16.7 Å². The van der Waals surface area contributed by atoms with Gasteiger partial charge in [-0.15, -0.1) is 0 Å². The average molecular weight is 387 g/mol. The van der Waals surface area contributed by atoms with E-state index in [2.05, 4.69) is 37.4 Å². The van der Waals surface area contributed by atoms with E-state index >= 15 is 0 Å². The van der Waals surface area contributed by atoms with Gasteiger partial charge in [-0.1, -0.05) is 80.2 Å². The van der Waals surface area contributed by atoms with Crippen LogP contribution in [0.4, 0.5) is 0 Å². The van der Waals surface area contributed by atoms with E-state index in [1.807, 2.05) is 57.2 Å². The van der Waals surface area contributed by atoms with E-state index in [-0.39, 0.29) is 30.2 Å². The van der Waals surface area contributed by atoms with E-state index in [1.165, 1.54) is 0 Å². The second kappa shape index (κ2) is 9.73. The maximum absolute atomic E-state index is 9.37. The van der Waals surface area contributed by atoms with Crippen LogP contribution >= 0.6 is 0 Å². The molecule has 29 heavy (non-hydrogen) atoms. The van der Waals surface area contributed by atoms with Crippen LogP contribution in [0.15, 0.2) is 35.7 Å². The SMILES string of the molecule is C.CC(C)(C)C.[C-]#[N+]/C(C#N)=C1/c2ccccc2/C(=C(\C#N)[N+]#[C-])C1C(C)(C)C. The third-order valence-corrected chi connectivity index (χ3v) is 3.90. The molecular weight excluding hydrogens is 356 g/mol. The van der Waals surface area contributed by atoms with Gasteiger partial charge in [-0.05, 0) is 39.0 Å². The van der Waals surface area contributed by atoms with Gasteiger partial charge in [0, 0.05) is 0 Å². The number of nitriles is 2. The van der Waals surface area contributed by atoms with Crippen molar-refractivity contribution < 1.29 is 0 Å². The highest BCUT2D eigenvalue weighted by Gasteiger charge is 2.42. The molecule has 0 N–H and O–H groups in total. The number of nitrogens with zero attached hydrogens (tertiary/aromatic N) is 4. The topological polar surface area (TPSA) is 56.3 Å². The number of benzene rings is 1. The van der Waals surface area contributed by atoms with Crippen molar-refractivity contribution in [2.75, 3.05) is 0 Å². The number of rotatable bonds is 0. The molecule has 0 bridgehead atoms. The molecule has 0 saturated carbocycles. The molecule has 1 aliphatic carbocycles. The minimum atomic E-state index is -0.344. The molecular formula is C25H30N4. The van der Waals surface area contributed by atoms with Crippen molar-refractivity contribution in [3.63, 3.8) is 0 Å². The molecule has 0 spiro atoms. The molecule has 0 aliphatic heterocycles. The monoisotopic (exact) mass is 386 g/mol. The zero-order valence-corrected chi connectivity index (χ0v) is 17.7. The fourth-order valence-corrected chi connectivity index (χ4v) is 3.09. The summed E-state index contributed by atoms with van der Waals surface area (Å²) in [5.41, 5.74) is 2.99. The van der Waals surface area contributed by atoms with Crippen LogP contribution in [0.1, 0.15) is 67.0 Å². The minimum absolute atomic E-state index is 0. The smallest absolute Gasteiger partial charge is 0.226 e. The Morgan fingerprint density at radius 2 is 1.14 bits per heavy atom. The first kappa shape index (κ1) is 25.7. The van der Waals surface area contributed by atoms with Crippen LogP contribution in [0, 0.1) is 52.6 Å². The van der Waals surface area contributed by atoms with E-state index in [9.17, 15) is 10.5 Å². The van der Waals surface area contributed by atoms with Gasteiger partial charge in [0.25, 0.3) is 11.4 Å². The molecule has 0 fully saturated rings. The third kappa shape index (κ3) is 6.07. The predicted molar refractivity (Wildman–Crippen MR) is 120 cm³/mol. The Morgan fingerprint density at radius 1 is 0.828 bits per heavy atom. The van der Waals surface area contributed by atoms with Crippen LogP contribution in [-0.2, 0) is 0 Å². The highest BCUT2D eigenvalue weighted by atomic mass is 14.7. The van der Waals surface area contributed by atoms with Crippen LogP contribution in [0.3, 0.4) is 0 Å². The van der Waals surface area contributed by atoms with Crippen molar-refractivity contribution in [1.82, 2.24) is 0 Å². The highest BCUT2D eigenvalue weighted by Crippen LogP contribution is 2.55.